The Balaban J connectivity index is 1.26. The fourth-order valence-electron chi connectivity index (χ4n) is 7.65. The van der Waals surface area contributed by atoms with E-state index in [4.69, 9.17) is 42.3 Å². The maximum Gasteiger partial charge on any atom is 0.331 e. The van der Waals surface area contributed by atoms with Crippen molar-refractivity contribution in [3.8, 4) is 57.3 Å². The number of carbonyl (C=O) groups is 1. The average molecular weight is 981 g/mol. The van der Waals surface area contributed by atoms with E-state index in [2.05, 4.69) is 0 Å². The molecule has 26 nitrogen and oxygen atoms in total. The molecule has 376 valence electrons. The molecule has 15 N–H and O–H groups in total. The summed E-state index contributed by atoms with van der Waals surface area (Å²) in [4.78, 5) is 27.7. The van der Waals surface area contributed by atoms with Gasteiger partial charge in [0, 0.05) is 23.8 Å². The normalized spacial score (nSPS) is 31.7. The van der Waals surface area contributed by atoms with Gasteiger partial charge in [-0.05, 0) is 42.0 Å². The summed E-state index contributed by atoms with van der Waals surface area (Å²) in [6.07, 6.45) is -26.8. The van der Waals surface area contributed by atoms with Crippen LogP contribution < -0.4 is 19.6 Å². The standard InChI is InChI=1S/C43H48O26/c1-61-22-7-14(6-20(50)28(22)52)2-5-26(51)67-39-34(58)30(54)24(12-45)65-42(39)69-40-35(59)31(55)25(13-46)66-43(40)68-38-32(56)27-19(49)9-16(62-41-36(60)33(57)29(53)23(11-44)64-41)10-21(27)63-37(38)15-3-4-17(47)18(48)8-15/h2-10,23-25,29-31,33-36,39-50,52-55,57-60H,11-13H2,1H3/t23-,24-,25-,29-,30-,31-,33+,34+,35+,36-,39-,40-,41-,42+,43+/m1/s1. The Bertz CT molecular complexity index is 2560. The summed E-state index contributed by atoms with van der Waals surface area (Å²) in [5.74, 6) is -6.76. The molecule has 3 aliphatic heterocycles. The predicted molar refractivity (Wildman–Crippen MR) is 224 cm³/mol. The molecule has 0 bridgehead atoms. The topological polar surface area (TPSA) is 425 Å². The van der Waals surface area contributed by atoms with Gasteiger partial charge in [0.05, 0.1) is 26.9 Å². The van der Waals surface area contributed by atoms with Gasteiger partial charge in [-0.2, -0.15) is 0 Å². The first-order valence-corrected chi connectivity index (χ1v) is 20.7. The molecule has 15 atom stereocenters. The van der Waals surface area contributed by atoms with Gasteiger partial charge in [-0.15, -0.1) is 0 Å². The van der Waals surface area contributed by atoms with Gasteiger partial charge in [-0.3, -0.25) is 4.79 Å². The summed E-state index contributed by atoms with van der Waals surface area (Å²) in [6.45, 7) is -2.77. The number of phenolic OH excluding ortho intramolecular Hbond substituents is 5. The number of fused-ring (bicyclic) bond motifs is 1. The summed E-state index contributed by atoms with van der Waals surface area (Å²) in [6, 6.07) is 7.19. The van der Waals surface area contributed by atoms with Gasteiger partial charge in [0.1, 0.15) is 83.5 Å². The van der Waals surface area contributed by atoms with Gasteiger partial charge in [-0.25, -0.2) is 4.79 Å². The van der Waals surface area contributed by atoms with Gasteiger partial charge in [-0.1, -0.05) is 0 Å². The van der Waals surface area contributed by atoms with Crippen LogP contribution in [0.25, 0.3) is 28.4 Å². The van der Waals surface area contributed by atoms with E-state index < -0.39 is 175 Å². The highest BCUT2D eigenvalue weighted by atomic mass is 16.8. The van der Waals surface area contributed by atoms with Crippen molar-refractivity contribution < 1.29 is 124 Å². The third-order valence-electron chi connectivity index (χ3n) is 11.4. The van der Waals surface area contributed by atoms with E-state index in [0.29, 0.717) is 0 Å². The monoisotopic (exact) mass is 980 g/mol. The number of esters is 1. The lowest BCUT2D eigenvalue weighted by molar-refractivity contribution is -0.358. The Morgan fingerprint density at radius 1 is 0.638 bits per heavy atom. The molecular formula is C43H48O26. The number of carbonyl (C=O) groups excluding carboxylic acids is 1. The second-order valence-electron chi connectivity index (χ2n) is 15.9. The minimum atomic E-state index is -2.18. The number of hydrogen-bond acceptors (Lipinski definition) is 26. The summed E-state index contributed by atoms with van der Waals surface area (Å²) in [5, 5.41) is 156. The lowest BCUT2D eigenvalue weighted by atomic mass is 9.97. The first-order valence-electron chi connectivity index (χ1n) is 20.7. The Morgan fingerprint density at radius 2 is 1.25 bits per heavy atom. The molecule has 0 saturated carbocycles. The highest BCUT2D eigenvalue weighted by molar-refractivity contribution is 5.89. The van der Waals surface area contributed by atoms with Crippen LogP contribution in [0.2, 0.25) is 0 Å². The van der Waals surface area contributed by atoms with Crippen LogP contribution in [0.1, 0.15) is 5.56 Å². The Morgan fingerprint density at radius 3 is 1.87 bits per heavy atom. The SMILES string of the molecule is COc1cc(C=CC(=O)O[C@H]2[C@H](O[C@H]3[C@H](Oc4c(-c5ccc(O)c(O)c5)oc5cc(O[C@@H]6O[C@H](CO)[C@@H](O)[C@H](O)[C@H]6O)cc(O)c5c4=O)O[C@H](CO)[C@@H](O)[C@@H]3O)O[C@H](CO)[C@@H](O)[C@@H]2O)cc(O)c1O. The molecule has 0 radical (unpaired) electrons. The van der Waals surface area contributed by atoms with Crippen molar-refractivity contribution >= 4 is 23.0 Å². The van der Waals surface area contributed by atoms with E-state index in [0.717, 1.165) is 48.6 Å². The van der Waals surface area contributed by atoms with Crippen LogP contribution >= 0.6 is 0 Å². The van der Waals surface area contributed by atoms with Crippen LogP contribution in [-0.4, -0.2) is 202 Å². The lowest BCUT2D eigenvalue weighted by Crippen LogP contribution is -2.65. The molecular weight excluding hydrogens is 932 g/mol. The van der Waals surface area contributed by atoms with Gasteiger partial charge in [0.2, 0.25) is 29.5 Å². The number of phenols is 5. The number of hydrogen-bond donors (Lipinski definition) is 15. The maximum absolute atomic E-state index is 14.5. The molecule has 7 rings (SSSR count). The van der Waals surface area contributed by atoms with Crippen molar-refractivity contribution in [3.63, 3.8) is 0 Å². The first kappa shape index (κ1) is 50.8. The van der Waals surface area contributed by atoms with Crippen LogP contribution in [0, 0.1) is 0 Å². The zero-order valence-electron chi connectivity index (χ0n) is 35.7. The number of methoxy groups -OCH3 is 1. The molecule has 3 aliphatic rings. The summed E-state index contributed by atoms with van der Waals surface area (Å²) < 4.78 is 50.8. The van der Waals surface area contributed by atoms with Crippen molar-refractivity contribution in [2.45, 2.75) is 92.1 Å². The van der Waals surface area contributed by atoms with E-state index in [-0.39, 0.29) is 22.6 Å². The van der Waals surface area contributed by atoms with Crippen LogP contribution in [0.3, 0.4) is 0 Å². The predicted octanol–water partition coefficient (Wildman–Crippen LogP) is -3.56. The largest absolute Gasteiger partial charge is 0.507 e. The van der Waals surface area contributed by atoms with Crippen LogP contribution in [-0.2, 0) is 28.5 Å². The van der Waals surface area contributed by atoms with E-state index >= 15 is 0 Å². The highest BCUT2D eigenvalue weighted by Gasteiger charge is 2.53. The molecule has 26 heteroatoms. The van der Waals surface area contributed by atoms with E-state index in [1.54, 1.807) is 0 Å². The second-order valence-corrected chi connectivity index (χ2v) is 15.9. The first-order chi connectivity index (χ1) is 32.8. The number of aromatic hydroxyl groups is 5. The molecule has 0 unspecified atom stereocenters. The van der Waals surface area contributed by atoms with Gasteiger partial charge >= 0.3 is 5.97 Å². The lowest BCUT2D eigenvalue weighted by Gasteiger charge is -2.46. The molecule has 0 aliphatic carbocycles. The molecule has 3 aromatic carbocycles. The third kappa shape index (κ3) is 10.2. The van der Waals surface area contributed by atoms with Crippen LogP contribution in [0.15, 0.2) is 57.8 Å². The van der Waals surface area contributed by atoms with E-state index in [9.17, 15) is 86.2 Å². The van der Waals surface area contributed by atoms with Crippen molar-refractivity contribution in [3.05, 3.63) is 64.3 Å². The number of rotatable bonds is 14. The number of ether oxygens (including phenoxy) is 8. The van der Waals surface area contributed by atoms with Crippen molar-refractivity contribution in [2.24, 2.45) is 0 Å². The Labute approximate surface area is 386 Å². The van der Waals surface area contributed by atoms with Crippen LogP contribution in [0.4, 0.5) is 0 Å². The van der Waals surface area contributed by atoms with Gasteiger partial charge in [0.25, 0.3) is 0 Å². The Hall–Kier alpha value is -6.08. The van der Waals surface area contributed by atoms with Crippen molar-refractivity contribution in [1.29, 1.82) is 0 Å². The molecule has 1 aromatic heterocycles. The van der Waals surface area contributed by atoms with Crippen molar-refractivity contribution in [2.75, 3.05) is 26.9 Å². The molecule has 3 fully saturated rings. The highest BCUT2D eigenvalue weighted by Crippen LogP contribution is 2.41. The molecule has 0 spiro atoms. The number of aliphatic hydroxyl groups excluding tert-OH is 10. The fraction of sp³-hybridized carbons (Fsp3) is 0.442. The summed E-state index contributed by atoms with van der Waals surface area (Å²) in [5.41, 5.74) is -1.83. The quantitative estimate of drug-likeness (QED) is 0.0330. The van der Waals surface area contributed by atoms with E-state index in [1.807, 2.05) is 0 Å². The third-order valence-corrected chi connectivity index (χ3v) is 11.4. The Kier molecular flexibility index (Phi) is 15.4. The van der Waals surface area contributed by atoms with Crippen LogP contribution in [0.5, 0.6) is 46.0 Å². The number of benzene rings is 3. The summed E-state index contributed by atoms with van der Waals surface area (Å²) in [7, 11) is 1.20. The molecule has 4 aromatic rings. The second kappa shape index (κ2) is 20.9. The zero-order valence-corrected chi connectivity index (χ0v) is 35.7. The molecule has 69 heavy (non-hydrogen) atoms. The molecule has 0 amide bonds. The van der Waals surface area contributed by atoms with E-state index in [1.165, 1.54) is 13.2 Å². The molecule has 4 heterocycles. The zero-order chi connectivity index (χ0) is 50.2. The average Bonchev–Trinajstić information content (AvgIpc) is 3.32. The number of aliphatic hydroxyl groups is 10. The van der Waals surface area contributed by atoms with Gasteiger partial charge in [0.15, 0.2) is 47.3 Å². The fourth-order valence-corrected chi connectivity index (χ4v) is 7.65. The maximum atomic E-state index is 14.5. The van der Waals surface area contributed by atoms with Crippen molar-refractivity contribution in [1.82, 2.24) is 0 Å². The minimum absolute atomic E-state index is 0.109. The summed E-state index contributed by atoms with van der Waals surface area (Å²) >= 11 is 0. The minimum Gasteiger partial charge on any atom is -0.507 e. The molecule has 3 saturated heterocycles. The smallest absolute Gasteiger partial charge is 0.331 e. The van der Waals surface area contributed by atoms with Gasteiger partial charge < -0.3 is 119 Å².